The molecule has 0 fully saturated rings. The van der Waals surface area contributed by atoms with Crippen molar-refractivity contribution in [1.29, 1.82) is 0 Å². The number of amides is 1. The Morgan fingerprint density at radius 2 is 1.90 bits per heavy atom. The summed E-state index contributed by atoms with van der Waals surface area (Å²) in [5.41, 5.74) is 4.21. The van der Waals surface area contributed by atoms with Crippen LogP contribution in [0.1, 0.15) is 42.7 Å². The molecule has 29 heavy (non-hydrogen) atoms. The Hall–Kier alpha value is -2.59. The molecule has 1 unspecified atom stereocenters. The van der Waals surface area contributed by atoms with Gasteiger partial charge in [0, 0.05) is 18.2 Å². The van der Waals surface area contributed by atoms with Crippen LogP contribution in [-0.2, 0) is 15.7 Å². The second-order valence-electron chi connectivity index (χ2n) is 6.15. The van der Waals surface area contributed by atoms with Crippen LogP contribution in [0.4, 0.5) is 18.9 Å². The molecule has 1 heterocycles. The van der Waals surface area contributed by atoms with Gasteiger partial charge in [-0.15, -0.1) is 12.4 Å². The molecular formula is C18H22ClF3N4O3. The third kappa shape index (κ3) is 6.47. The number of alkyl halides is 3. The van der Waals surface area contributed by atoms with E-state index in [0.717, 1.165) is 6.20 Å². The molecule has 1 amide bonds. The quantitative estimate of drug-likeness (QED) is 0.649. The highest BCUT2D eigenvalue weighted by atomic mass is 35.5. The van der Waals surface area contributed by atoms with Crippen molar-refractivity contribution >= 4 is 30.0 Å². The summed E-state index contributed by atoms with van der Waals surface area (Å²) >= 11 is 0. The van der Waals surface area contributed by atoms with Gasteiger partial charge < -0.3 is 15.8 Å². The fraction of sp³-hybridized carbons (Fsp3) is 0.389. The smallest absolute Gasteiger partial charge is 0.434 e. The van der Waals surface area contributed by atoms with E-state index in [1.807, 2.05) is 0 Å². The van der Waals surface area contributed by atoms with Gasteiger partial charge in [-0.2, -0.15) is 18.3 Å². The lowest BCUT2D eigenvalue weighted by Gasteiger charge is -2.13. The summed E-state index contributed by atoms with van der Waals surface area (Å²) in [6.07, 6.45) is -3.24. The molecular weight excluding hydrogens is 413 g/mol. The van der Waals surface area contributed by atoms with Crippen molar-refractivity contribution in [2.45, 2.75) is 38.9 Å². The van der Waals surface area contributed by atoms with Gasteiger partial charge in [-0.25, -0.2) is 9.48 Å². The number of benzene rings is 1. The van der Waals surface area contributed by atoms with Crippen molar-refractivity contribution in [3.05, 3.63) is 41.7 Å². The number of aromatic nitrogens is 2. The van der Waals surface area contributed by atoms with E-state index < -0.39 is 23.4 Å². The number of nitrogens with two attached hydrogens (primary N) is 1. The first-order chi connectivity index (χ1) is 13.1. The van der Waals surface area contributed by atoms with Crippen LogP contribution < -0.4 is 11.1 Å². The number of esters is 1. The van der Waals surface area contributed by atoms with Crippen molar-refractivity contribution < 1.29 is 27.5 Å². The molecule has 0 aliphatic heterocycles. The number of hydrogen-bond acceptors (Lipinski definition) is 5. The van der Waals surface area contributed by atoms with Crippen LogP contribution in [0.25, 0.3) is 5.69 Å². The zero-order chi connectivity index (χ0) is 20.9. The lowest BCUT2D eigenvalue weighted by atomic mass is 10.2. The predicted octanol–water partition coefficient (Wildman–Crippen LogP) is 3.56. The van der Waals surface area contributed by atoms with E-state index >= 15 is 0 Å². The average Bonchev–Trinajstić information content (AvgIpc) is 3.06. The van der Waals surface area contributed by atoms with Crippen LogP contribution in [0.5, 0.6) is 0 Å². The highest BCUT2D eigenvalue weighted by Gasteiger charge is 2.41. The number of halogens is 4. The number of nitrogens with zero attached hydrogens (tertiary/aromatic N) is 2. The van der Waals surface area contributed by atoms with Crippen LogP contribution in [0.15, 0.2) is 30.5 Å². The monoisotopic (exact) mass is 434 g/mol. The molecule has 0 saturated heterocycles. The Kier molecular flexibility index (Phi) is 8.65. The summed E-state index contributed by atoms with van der Waals surface area (Å²) in [4.78, 5) is 23.6. The molecule has 1 atom stereocenters. The number of carbonyl (C=O) groups excluding carboxylic acids is 2. The van der Waals surface area contributed by atoms with Crippen LogP contribution in [0, 0.1) is 0 Å². The summed E-state index contributed by atoms with van der Waals surface area (Å²) in [7, 11) is 0. The van der Waals surface area contributed by atoms with Gasteiger partial charge in [0.05, 0.1) is 18.5 Å². The Morgan fingerprint density at radius 3 is 2.41 bits per heavy atom. The molecule has 7 nitrogen and oxygen atoms in total. The van der Waals surface area contributed by atoms with Gasteiger partial charge in [0.25, 0.3) is 0 Å². The Balaban J connectivity index is 0.00000420. The van der Waals surface area contributed by atoms with Crippen molar-refractivity contribution in [3.8, 4) is 5.69 Å². The molecule has 1 aromatic carbocycles. The van der Waals surface area contributed by atoms with E-state index in [4.69, 9.17) is 5.73 Å². The fourth-order valence-electron chi connectivity index (χ4n) is 2.44. The second-order valence-corrected chi connectivity index (χ2v) is 6.15. The Morgan fingerprint density at radius 1 is 1.28 bits per heavy atom. The molecule has 0 bridgehead atoms. The first kappa shape index (κ1) is 24.4. The minimum Gasteiger partial charge on any atom is -0.462 e. The van der Waals surface area contributed by atoms with E-state index in [-0.39, 0.29) is 43.1 Å². The molecule has 11 heteroatoms. The van der Waals surface area contributed by atoms with Gasteiger partial charge in [-0.05, 0) is 44.5 Å². The highest BCUT2D eigenvalue weighted by molar-refractivity contribution is 5.91. The minimum atomic E-state index is -4.82. The first-order valence-corrected chi connectivity index (χ1v) is 8.61. The molecule has 2 rings (SSSR count). The second kappa shape index (κ2) is 10.3. The summed E-state index contributed by atoms with van der Waals surface area (Å²) < 4.78 is 45.8. The summed E-state index contributed by atoms with van der Waals surface area (Å²) in [5.74, 6) is -1.34. The third-order valence-corrected chi connectivity index (χ3v) is 3.76. The van der Waals surface area contributed by atoms with Crippen molar-refractivity contribution in [2.75, 3.05) is 11.9 Å². The third-order valence-electron chi connectivity index (χ3n) is 3.76. The van der Waals surface area contributed by atoms with Gasteiger partial charge in [0.15, 0.2) is 5.69 Å². The fourth-order valence-corrected chi connectivity index (χ4v) is 2.44. The van der Waals surface area contributed by atoms with Gasteiger partial charge in [-0.1, -0.05) is 0 Å². The molecule has 0 radical (unpaired) electrons. The minimum absolute atomic E-state index is 0. The van der Waals surface area contributed by atoms with Crippen LogP contribution >= 0.6 is 12.4 Å². The number of ether oxygens (including phenoxy) is 1. The number of hydrogen-bond donors (Lipinski definition) is 2. The highest BCUT2D eigenvalue weighted by Crippen LogP contribution is 2.34. The normalized spacial score (nSPS) is 12.1. The number of anilines is 1. The molecule has 0 saturated carbocycles. The summed E-state index contributed by atoms with van der Waals surface area (Å²) in [6, 6.07) is 5.51. The van der Waals surface area contributed by atoms with E-state index in [2.05, 4.69) is 15.2 Å². The molecule has 0 aliphatic rings. The molecule has 1 aromatic heterocycles. The first-order valence-electron chi connectivity index (χ1n) is 8.61. The number of rotatable bonds is 7. The van der Waals surface area contributed by atoms with Crippen molar-refractivity contribution in [1.82, 2.24) is 9.78 Å². The van der Waals surface area contributed by atoms with Crippen LogP contribution in [-0.4, -0.2) is 34.3 Å². The molecule has 0 spiro atoms. The zero-order valence-electron chi connectivity index (χ0n) is 15.8. The van der Waals surface area contributed by atoms with Crippen LogP contribution in [0.2, 0.25) is 0 Å². The van der Waals surface area contributed by atoms with Crippen molar-refractivity contribution in [3.63, 3.8) is 0 Å². The molecule has 0 aliphatic carbocycles. The average molecular weight is 435 g/mol. The molecule has 3 N–H and O–H groups in total. The van der Waals surface area contributed by atoms with Crippen molar-refractivity contribution in [2.24, 2.45) is 5.73 Å². The van der Waals surface area contributed by atoms with Gasteiger partial charge in [-0.3, -0.25) is 4.79 Å². The number of nitrogens with one attached hydrogen (secondary N) is 1. The Bertz CT molecular complexity index is 836. The maximum atomic E-state index is 13.5. The van der Waals surface area contributed by atoms with Gasteiger partial charge in [0.1, 0.15) is 5.56 Å². The zero-order valence-corrected chi connectivity index (χ0v) is 16.6. The van der Waals surface area contributed by atoms with E-state index in [0.29, 0.717) is 16.8 Å². The molecule has 160 valence electrons. The Labute approximate surface area is 171 Å². The maximum Gasteiger partial charge on any atom is 0.434 e. The van der Waals surface area contributed by atoms with Gasteiger partial charge in [0.2, 0.25) is 5.91 Å². The van der Waals surface area contributed by atoms with Gasteiger partial charge >= 0.3 is 12.1 Å². The molecule has 2 aromatic rings. The van der Waals surface area contributed by atoms with E-state index in [1.165, 1.54) is 31.2 Å². The largest absolute Gasteiger partial charge is 0.462 e. The topological polar surface area (TPSA) is 99.2 Å². The standard InChI is InChI=1S/C18H21F3N4O3.ClH/c1-3-28-17(27)14-10-23-25(16(14)18(19,20)21)13-7-5-12(6-8-13)24-15(26)9-4-11(2)22;/h5-8,10-11H,3-4,9,22H2,1-2H3,(H,24,26);1H. The van der Waals surface area contributed by atoms with E-state index in [1.54, 1.807) is 6.92 Å². The van der Waals surface area contributed by atoms with E-state index in [9.17, 15) is 22.8 Å². The summed E-state index contributed by atoms with van der Waals surface area (Å²) in [5, 5.41) is 6.33. The lowest BCUT2D eigenvalue weighted by molar-refractivity contribution is -0.143. The predicted molar refractivity (Wildman–Crippen MR) is 103 cm³/mol. The SMILES string of the molecule is CCOC(=O)c1cnn(-c2ccc(NC(=O)CCC(C)N)cc2)c1C(F)(F)F.Cl. The summed E-state index contributed by atoms with van der Waals surface area (Å²) in [6.45, 7) is 3.23. The maximum absolute atomic E-state index is 13.5. The van der Waals surface area contributed by atoms with Crippen LogP contribution in [0.3, 0.4) is 0 Å². The number of carbonyl (C=O) groups is 2. The lowest BCUT2D eigenvalue weighted by Crippen LogP contribution is -2.19.